The summed E-state index contributed by atoms with van der Waals surface area (Å²) in [7, 11) is -3.35. The topological polar surface area (TPSA) is 166 Å². The Morgan fingerprint density at radius 2 is 1.71 bits per heavy atom. The van der Waals surface area contributed by atoms with Gasteiger partial charge >= 0.3 is 0 Å². The number of rotatable bonds is 4. The minimum absolute atomic E-state index is 0.0101. The van der Waals surface area contributed by atoms with Gasteiger partial charge in [0, 0.05) is 58.0 Å². The lowest BCUT2D eigenvalue weighted by Gasteiger charge is -2.39. The molecular formula is C31H46N4O9S. The maximum absolute atomic E-state index is 14.0. The lowest BCUT2D eigenvalue weighted by molar-refractivity contribution is -0.148. The van der Waals surface area contributed by atoms with Gasteiger partial charge in [0.2, 0.25) is 17.7 Å². The summed E-state index contributed by atoms with van der Waals surface area (Å²) in [6, 6.07) is 5.66. The molecule has 0 radical (unpaired) electrons. The quantitative estimate of drug-likeness (QED) is 0.388. The molecule has 1 aromatic rings. The molecule has 4 aliphatic heterocycles. The SMILES string of the molecule is CC(C)(C)CC(=O)N1C[C@@H]2CN(CCO2)C(=O)[C@@H]2C[C@@H](CN2Cc2ccc(S(C)(=O)=O)cc2)NC(=O)C[C@@H]2O[C@H](C1)[C@@H](O)[C@H]2O. The van der Waals surface area contributed by atoms with Gasteiger partial charge in [-0.15, -0.1) is 0 Å². The Kier molecular flexibility index (Phi) is 9.93. The van der Waals surface area contributed by atoms with Crippen LogP contribution in [-0.4, -0.2) is 139 Å². The third-order valence-electron chi connectivity index (χ3n) is 8.95. The molecule has 0 aromatic heterocycles. The molecule has 4 aliphatic rings. The van der Waals surface area contributed by atoms with Gasteiger partial charge in [-0.05, 0) is 29.5 Å². The van der Waals surface area contributed by atoms with Crippen molar-refractivity contribution in [2.45, 2.75) is 94.1 Å². The van der Waals surface area contributed by atoms with E-state index in [9.17, 15) is 33.0 Å². The first kappa shape index (κ1) is 33.7. The molecule has 0 aliphatic carbocycles. The van der Waals surface area contributed by atoms with E-state index in [-0.39, 0.29) is 66.5 Å². The van der Waals surface area contributed by atoms with Crippen LogP contribution in [0.15, 0.2) is 29.2 Å². The zero-order chi connectivity index (χ0) is 32.7. The molecule has 14 heteroatoms. The number of carbonyl (C=O) groups is 3. The number of sulfone groups is 1. The second-order valence-electron chi connectivity index (χ2n) is 14.1. The first-order valence-corrected chi connectivity index (χ1v) is 17.5. The molecule has 4 saturated heterocycles. The summed E-state index contributed by atoms with van der Waals surface area (Å²) in [4.78, 5) is 46.2. The number of fused-ring (bicyclic) bond motifs is 6. The Morgan fingerprint density at radius 1 is 1.02 bits per heavy atom. The van der Waals surface area contributed by atoms with Gasteiger partial charge in [-0.25, -0.2) is 8.42 Å². The molecule has 4 heterocycles. The Labute approximate surface area is 264 Å². The molecule has 5 rings (SSSR count). The van der Waals surface area contributed by atoms with Gasteiger partial charge < -0.3 is 34.8 Å². The summed E-state index contributed by atoms with van der Waals surface area (Å²) in [5, 5.41) is 24.6. The molecule has 45 heavy (non-hydrogen) atoms. The zero-order valence-corrected chi connectivity index (χ0v) is 27.2. The molecule has 3 amide bonds. The average Bonchev–Trinajstić information content (AvgIpc) is 3.45. The average molecular weight is 651 g/mol. The van der Waals surface area contributed by atoms with Crippen molar-refractivity contribution in [2.75, 3.05) is 45.6 Å². The number of aliphatic hydroxyl groups excluding tert-OH is 2. The second kappa shape index (κ2) is 13.2. The lowest BCUT2D eigenvalue weighted by Crippen LogP contribution is -2.55. The van der Waals surface area contributed by atoms with Crippen LogP contribution in [0.5, 0.6) is 0 Å². The van der Waals surface area contributed by atoms with Crippen LogP contribution >= 0.6 is 0 Å². The number of morpholine rings is 1. The summed E-state index contributed by atoms with van der Waals surface area (Å²) < 4.78 is 35.9. The number of nitrogens with one attached hydrogen (secondary N) is 1. The highest BCUT2D eigenvalue weighted by Crippen LogP contribution is 2.29. The van der Waals surface area contributed by atoms with Crippen LogP contribution < -0.4 is 5.32 Å². The van der Waals surface area contributed by atoms with E-state index in [0.717, 1.165) is 11.8 Å². The van der Waals surface area contributed by atoms with Gasteiger partial charge in [0.1, 0.15) is 18.3 Å². The van der Waals surface area contributed by atoms with E-state index in [1.807, 2.05) is 25.7 Å². The summed E-state index contributed by atoms with van der Waals surface area (Å²) in [5.41, 5.74) is 0.526. The Balaban J connectivity index is 1.41. The van der Waals surface area contributed by atoms with Gasteiger partial charge in [-0.3, -0.25) is 19.3 Å². The number of benzene rings is 1. The van der Waals surface area contributed by atoms with Crippen molar-refractivity contribution in [3.8, 4) is 0 Å². The van der Waals surface area contributed by atoms with Crippen LogP contribution in [0.1, 0.15) is 45.6 Å². The van der Waals surface area contributed by atoms with E-state index in [1.165, 1.54) is 0 Å². The van der Waals surface area contributed by atoms with Gasteiger partial charge in [0.05, 0.1) is 36.2 Å². The Hall–Kier alpha value is -2.62. The molecular weight excluding hydrogens is 604 g/mol. The third-order valence-corrected chi connectivity index (χ3v) is 10.1. The lowest BCUT2D eigenvalue weighted by atomic mass is 9.91. The normalized spacial score (nSPS) is 32.1. The standard InChI is InChI=1S/C31H46N4O9S/c1-31(2,3)13-27(37)35-17-21-16-33(9-10-43-21)30(40)23-11-20(32-26(36)12-24-28(38)29(39)25(18-35)44-24)15-34(23)14-19-5-7-22(8-6-19)45(4,41)42/h5-8,20-21,23-25,28-29,38-39H,9-18H2,1-4H3,(H,32,36)/t20-,21-,23-,24-,25+,28-,29+/m0/s1. The first-order valence-electron chi connectivity index (χ1n) is 15.6. The van der Waals surface area contributed by atoms with Gasteiger partial charge in [-0.1, -0.05) is 32.9 Å². The van der Waals surface area contributed by atoms with Gasteiger partial charge in [0.15, 0.2) is 9.84 Å². The fraction of sp³-hybridized carbons (Fsp3) is 0.710. The third kappa shape index (κ3) is 8.22. The molecule has 13 nitrogen and oxygen atoms in total. The number of likely N-dealkylation sites (tertiary alicyclic amines) is 1. The van der Waals surface area contributed by atoms with E-state index in [1.54, 1.807) is 34.1 Å². The zero-order valence-electron chi connectivity index (χ0n) is 26.4. The van der Waals surface area contributed by atoms with Crippen LogP contribution in [0.4, 0.5) is 0 Å². The van der Waals surface area contributed by atoms with Crippen LogP contribution in [0.3, 0.4) is 0 Å². The van der Waals surface area contributed by atoms with E-state index < -0.39 is 46.4 Å². The molecule has 4 fully saturated rings. The second-order valence-corrected chi connectivity index (χ2v) is 16.1. The van der Waals surface area contributed by atoms with Crippen molar-refractivity contribution in [1.29, 1.82) is 0 Å². The smallest absolute Gasteiger partial charge is 0.240 e. The highest BCUT2D eigenvalue weighted by Gasteiger charge is 2.46. The summed E-state index contributed by atoms with van der Waals surface area (Å²) in [6.45, 7) is 7.76. The number of amides is 3. The first-order chi connectivity index (χ1) is 21.1. The van der Waals surface area contributed by atoms with Crippen LogP contribution in [-0.2, 0) is 40.2 Å². The molecule has 1 aromatic carbocycles. The fourth-order valence-corrected chi connectivity index (χ4v) is 7.31. The summed E-state index contributed by atoms with van der Waals surface area (Å²) in [5.74, 6) is -0.628. The number of hydrogen-bond acceptors (Lipinski definition) is 10. The molecule has 7 atom stereocenters. The van der Waals surface area contributed by atoms with E-state index >= 15 is 0 Å². The van der Waals surface area contributed by atoms with Gasteiger partial charge in [-0.2, -0.15) is 0 Å². The number of aliphatic hydroxyl groups is 2. The van der Waals surface area contributed by atoms with Crippen LogP contribution in [0.25, 0.3) is 0 Å². The van der Waals surface area contributed by atoms with Crippen molar-refractivity contribution >= 4 is 27.6 Å². The van der Waals surface area contributed by atoms with E-state index in [4.69, 9.17) is 9.47 Å². The molecule has 0 spiro atoms. The van der Waals surface area contributed by atoms with Crippen molar-refractivity contribution < 1.29 is 42.5 Å². The summed E-state index contributed by atoms with van der Waals surface area (Å²) in [6.07, 6.45) is -3.34. The number of carbonyl (C=O) groups excluding carboxylic acids is 3. The van der Waals surface area contributed by atoms with Crippen molar-refractivity contribution in [3.05, 3.63) is 29.8 Å². The largest absolute Gasteiger partial charge is 0.388 e. The highest BCUT2D eigenvalue weighted by molar-refractivity contribution is 7.90. The molecule has 0 unspecified atom stereocenters. The number of ether oxygens (including phenoxy) is 2. The van der Waals surface area contributed by atoms with E-state index in [2.05, 4.69) is 5.32 Å². The fourth-order valence-electron chi connectivity index (χ4n) is 6.68. The van der Waals surface area contributed by atoms with Crippen molar-refractivity contribution in [2.24, 2.45) is 5.41 Å². The summed E-state index contributed by atoms with van der Waals surface area (Å²) >= 11 is 0. The Bertz CT molecular complexity index is 1370. The van der Waals surface area contributed by atoms with E-state index in [0.29, 0.717) is 32.7 Å². The highest BCUT2D eigenvalue weighted by atomic mass is 32.2. The predicted molar refractivity (Wildman–Crippen MR) is 163 cm³/mol. The van der Waals surface area contributed by atoms with Crippen LogP contribution in [0.2, 0.25) is 0 Å². The predicted octanol–water partition coefficient (Wildman–Crippen LogP) is -0.466. The number of hydrogen-bond donors (Lipinski definition) is 3. The molecule has 3 N–H and O–H groups in total. The van der Waals surface area contributed by atoms with Gasteiger partial charge in [0.25, 0.3) is 0 Å². The molecule has 250 valence electrons. The maximum atomic E-state index is 14.0. The van der Waals surface area contributed by atoms with Crippen LogP contribution in [0, 0.1) is 5.41 Å². The monoisotopic (exact) mass is 650 g/mol. The maximum Gasteiger partial charge on any atom is 0.240 e. The van der Waals surface area contributed by atoms with Crippen molar-refractivity contribution in [3.63, 3.8) is 0 Å². The minimum atomic E-state index is -3.35. The number of nitrogens with zero attached hydrogens (tertiary/aromatic N) is 3. The molecule has 0 saturated carbocycles. The minimum Gasteiger partial charge on any atom is -0.388 e. The molecule has 6 bridgehead atoms. The Morgan fingerprint density at radius 3 is 2.38 bits per heavy atom. The van der Waals surface area contributed by atoms with Crippen molar-refractivity contribution in [1.82, 2.24) is 20.0 Å².